The predicted octanol–water partition coefficient (Wildman–Crippen LogP) is 2.55. The molecule has 0 N–H and O–H groups in total. The maximum absolute atomic E-state index is 11.6. The molecule has 0 fully saturated rings. The van der Waals surface area contributed by atoms with Gasteiger partial charge in [-0.1, -0.05) is 13.3 Å². The van der Waals surface area contributed by atoms with Crippen LogP contribution in [0.4, 0.5) is 0 Å². The van der Waals surface area contributed by atoms with E-state index in [9.17, 15) is 4.79 Å². The first-order chi connectivity index (χ1) is 7.19. The molecule has 1 aromatic heterocycles. The van der Waals surface area contributed by atoms with Gasteiger partial charge in [0.05, 0.1) is 17.3 Å². The molecule has 15 heavy (non-hydrogen) atoms. The Morgan fingerprint density at radius 1 is 1.67 bits per heavy atom. The fraction of sp³-hybridized carbons (Fsp3) is 0.600. The van der Waals surface area contributed by atoms with E-state index >= 15 is 0 Å². The molecule has 1 rings (SSSR count). The molecule has 84 valence electrons. The van der Waals surface area contributed by atoms with Crippen molar-refractivity contribution in [1.29, 1.82) is 0 Å². The molecule has 1 heterocycles. The largest absolute Gasteiger partial charge is 0.464 e. The van der Waals surface area contributed by atoms with Crippen LogP contribution in [-0.2, 0) is 9.53 Å². The molecule has 0 spiro atoms. The number of carbonyl (C=O) groups is 1. The molecule has 0 aromatic carbocycles. The third-order valence-electron chi connectivity index (χ3n) is 2.01. The van der Waals surface area contributed by atoms with Crippen molar-refractivity contribution >= 4 is 21.9 Å². The van der Waals surface area contributed by atoms with Gasteiger partial charge in [-0.25, -0.2) is 4.79 Å². The average Bonchev–Trinajstić information content (AvgIpc) is 2.61. The lowest BCUT2D eigenvalue weighted by Gasteiger charge is -2.14. The van der Waals surface area contributed by atoms with Gasteiger partial charge in [0.15, 0.2) is 0 Å². The Balaban J connectivity index is 2.77. The van der Waals surface area contributed by atoms with Gasteiger partial charge in [0.1, 0.15) is 6.04 Å². The number of halogens is 1. The van der Waals surface area contributed by atoms with Crippen molar-refractivity contribution in [3.05, 3.63) is 16.9 Å². The number of hydrogen-bond donors (Lipinski definition) is 0. The Morgan fingerprint density at radius 2 is 2.40 bits per heavy atom. The molecule has 1 aromatic rings. The quantitative estimate of drug-likeness (QED) is 0.776. The first-order valence-corrected chi connectivity index (χ1v) is 5.84. The minimum atomic E-state index is -0.304. The van der Waals surface area contributed by atoms with E-state index in [0.29, 0.717) is 6.61 Å². The van der Waals surface area contributed by atoms with Crippen molar-refractivity contribution in [1.82, 2.24) is 9.78 Å². The normalized spacial score (nSPS) is 12.5. The van der Waals surface area contributed by atoms with Crippen LogP contribution < -0.4 is 0 Å². The van der Waals surface area contributed by atoms with Gasteiger partial charge in [-0.2, -0.15) is 5.10 Å². The third-order valence-corrected chi connectivity index (χ3v) is 2.42. The van der Waals surface area contributed by atoms with Crippen molar-refractivity contribution in [2.45, 2.75) is 32.7 Å². The Kier molecular flexibility index (Phi) is 4.81. The second-order valence-corrected chi connectivity index (χ2v) is 4.11. The van der Waals surface area contributed by atoms with E-state index in [0.717, 1.165) is 17.3 Å². The van der Waals surface area contributed by atoms with Gasteiger partial charge in [0.25, 0.3) is 0 Å². The highest BCUT2D eigenvalue weighted by Crippen LogP contribution is 2.17. The lowest BCUT2D eigenvalue weighted by atomic mass is 10.2. The molecule has 0 radical (unpaired) electrons. The lowest BCUT2D eigenvalue weighted by molar-refractivity contribution is -0.147. The molecule has 0 aliphatic carbocycles. The van der Waals surface area contributed by atoms with E-state index in [2.05, 4.69) is 21.0 Å². The molecular weight excluding hydrogens is 260 g/mol. The SMILES string of the molecule is CCCC(C(=O)OCC)n1cc(Br)cn1. The molecule has 0 bridgehead atoms. The standard InChI is InChI=1S/C10H15BrN2O2/c1-3-5-9(10(14)15-4-2)13-7-8(11)6-12-13/h6-7,9H,3-5H2,1-2H3. The van der Waals surface area contributed by atoms with Crippen LogP contribution in [-0.4, -0.2) is 22.4 Å². The van der Waals surface area contributed by atoms with Crippen LogP contribution >= 0.6 is 15.9 Å². The first-order valence-electron chi connectivity index (χ1n) is 5.05. The summed E-state index contributed by atoms with van der Waals surface area (Å²) in [4.78, 5) is 11.6. The Labute approximate surface area is 97.7 Å². The van der Waals surface area contributed by atoms with Gasteiger partial charge >= 0.3 is 5.97 Å². The van der Waals surface area contributed by atoms with Crippen LogP contribution in [0.2, 0.25) is 0 Å². The summed E-state index contributed by atoms with van der Waals surface area (Å²) in [6.07, 6.45) is 5.12. The maximum atomic E-state index is 11.6. The Morgan fingerprint density at radius 3 is 2.87 bits per heavy atom. The van der Waals surface area contributed by atoms with Crippen molar-refractivity contribution in [2.24, 2.45) is 0 Å². The van der Waals surface area contributed by atoms with Gasteiger partial charge in [-0.3, -0.25) is 4.68 Å². The molecule has 0 aliphatic heterocycles. The van der Waals surface area contributed by atoms with Crippen LogP contribution in [0.15, 0.2) is 16.9 Å². The number of ether oxygens (including phenoxy) is 1. The van der Waals surface area contributed by atoms with Gasteiger partial charge in [0, 0.05) is 6.20 Å². The number of hydrogen-bond acceptors (Lipinski definition) is 3. The lowest BCUT2D eigenvalue weighted by Crippen LogP contribution is -2.22. The summed E-state index contributed by atoms with van der Waals surface area (Å²) in [5, 5.41) is 4.11. The molecule has 1 atom stereocenters. The number of nitrogens with zero attached hydrogens (tertiary/aromatic N) is 2. The van der Waals surface area contributed by atoms with Gasteiger partial charge < -0.3 is 4.74 Å². The highest BCUT2D eigenvalue weighted by atomic mass is 79.9. The second-order valence-electron chi connectivity index (χ2n) is 3.20. The van der Waals surface area contributed by atoms with Crippen LogP contribution in [0.25, 0.3) is 0 Å². The van der Waals surface area contributed by atoms with E-state index in [-0.39, 0.29) is 12.0 Å². The monoisotopic (exact) mass is 274 g/mol. The molecule has 5 heteroatoms. The third kappa shape index (κ3) is 3.34. The molecular formula is C10H15BrN2O2. The van der Waals surface area contributed by atoms with Crippen molar-refractivity contribution in [3.8, 4) is 0 Å². The Hall–Kier alpha value is -0.840. The van der Waals surface area contributed by atoms with E-state index in [1.807, 2.05) is 6.92 Å². The molecule has 0 saturated carbocycles. The van der Waals surface area contributed by atoms with E-state index in [4.69, 9.17) is 4.74 Å². The smallest absolute Gasteiger partial charge is 0.330 e. The summed E-state index contributed by atoms with van der Waals surface area (Å²) in [5.41, 5.74) is 0. The van der Waals surface area contributed by atoms with Crippen LogP contribution in [0.1, 0.15) is 32.7 Å². The number of rotatable bonds is 5. The topological polar surface area (TPSA) is 44.1 Å². The van der Waals surface area contributed by atoms with E-state index < -0.39 is 0 Å². The van der Waals surface area contributed by atoms with Crippen LogP contribution in [0.5, 0.6) is 0 Å². The molecule has 0 aliphatic rings. The van der Waals surface area contributed by atoms with E-state index in [1.165, 1.54) is 0 Å². The summed E-state index contributed by atoms with van der Waals surface area (Å²) in [5.74, 6) is -0.213. The highest BCUT2D eigenvalue weighted by molar-refractivity contribution is 9.10. The van der Waals surface area contributed by atoms with Crippen molar-refractivity contribution in [2.75, 3.05) is 6.61 Å². The number of carbonyl (C=O) groups excluding carboxylic acids is 1. The van der Waals surface area contributed by atoms with Crippen LogP contribution in [0, 0.1) is 0 Å². The maximum Gasteiger partial charge on any atom is 0.330 e. The van der Waals surface area contributed by atoms with Gasteiger partial charge in [0.2, 0.25) is 0 Å². The van der Waals surface area contributed by atoms with Gasteiger partial charge in [-0.05, 0) is 29.3 Å². The fourth-order valence-electron chi connectivity index (χ4n) is 1.36. The predicted molar refractivity (Wildman–Crippen MR) is 60.5 cm³/mol. The van der Waals surface area contributed by atoms with Gasteiger partial charge in [-0.15, -0.1) is 0 Å². The van der Waals surface area contributed by atoms with Crippen molar-refractivity contribution in [3.63, 3.8) is 0 Å². The zero-order chi connectivity index (χ0) is 11.3. The summed E-state index contributed by atoms with van der Waals surface area (Å²) in [7, 11) is 0. The van der Waals surface area contributed by atoms with E-state index in [1.54, 1.807) is 24.0 Å². The zero-order valence-corrected chi connectivity index (χ0v) is 10.5. The minimum Gasteiger partial charge on any atom is -0.464 e. The summed E-state index contributed by atoms with van der Waals surface area (Å²) < 4.78 is 7.52. The summed E-state index contributed by atoms with van der Waals surface area (Å²) in [6.45, 7) is 4.24. The minimum absolute atomic E-state index is 0.213. The number of esters is 1. The van der Waals surface area contributed by atoms with Crippen molar-refractivity contribution < 1.29 is 9.53 Å². The second kappa shape index (κ2) is 5.90. The summed E-state index contributed by atoms with van der Waals surface area (Å²) in [6, 6.07) is -0.304. The average molecular weight is 275 g/mol. The Bertz CT molecular complexity index is 325. The molecule has 1 unspecified atom stereocenters. The van der Waals surface area contributed by atoms with Crippen LogP contribution in [0.3, 0.4) is 0 Å². The summed E-state index contributed by atoms with van der Waals surface area (Å²) >= 11 is 3.30. The number of aromatic nitrogens is 2. The highest BCUT2D eigenvalue weighted by Gasteiger charge is 2.21. The first kappa shape index (κ1) is 12.2. The fourth-order valence-corrected chi connectivity index (χ4v) is 1.66. The molecule has 0 amide bonds. The molecule has 0 saturated heterocycles. The zero-order valence-electron chi connectivity index (χ0n) is 8.94. The molecule has 4 nitrogen and oxygen atoms in total.